The SMILES string of the molecule is CC/C(=N/NC(=O)c1ccc(CN2CCN(c3ccccc3)CC2)cc1)c1ccc(OC)c(OC)c1. The van der Waals surface area contributed by atoms with Crippen LogP contribution in [0.5, 0.6) is 11.5 Å². The highest BCUT2D eigenvalue weighted by Gasteiger charge is 2.17. The molecule has 0 radical (unpaired) electrons. The number of rotatable bonds is 9. The average molecular weight is 487 g/mol. The van der Waals surface area contributed by atoms with E-state index in [-0.39, 0.29) is 5.91 Å². The van der Waals surface area contributed by atoms with E-state index in [0.29, 0.717) is 23.5 Å². The molecule has 1 amide bonds. The number of carbonyl (C=O) groups is 1. The quantitative estimate of drug-likeness (QED) is 0.355. The monoisotopic (exact) mass is 486 g/mol. The summed E-state index contributed by atoms with van der Waals surface area (Å²) in [5.74, 6) is 1.04. The molecule has 0 spiro atoms. The summed E-state index contributed by atoms with van der Waals surface area (Å²) in [5, 5.41) is 4.38. The molecule has 0 bridgehead atoms. The Morgan fingerprint density at radius 3 is 2.17 bits per heavy atom. The lowest BCUT2D eigenvalue weighted by atomic mass is 10.1. The van der Waals surface area contributed by atoms with E-state index < -0.39 is 0 Å². The maximum absolute atomic E-state index is 12.7. The van der Waals surface area contributed by atoms with Crippen LogP contribution in [0.2, 0.25) is 0 Å². The lowest BCUT2D eigenvalue weighted by molar-refractivity contribution is 0.0954. The molecule has 1 saturated heterocycles. The molecule has 1 N–H and O–H groups in total. The van der Waals surface area contributed by atoms with Crippen LogP contribution in [-0.4, -0.2) is 56.9 Å². The molecule has 1 aliphatic rings. The second kappa shape index (κ2) is 12.2. The fraction of sp³-hybridized carbons (Fsp3) is 0.310. The van der Waals surface area contributed by atoms with Crippen molar-refractivity contribution in [1.29, 1.82) is 0 Å². The van der Waals surface area contributed by atoms with Crippen molar-refractivity contribution in [1.82, 2.24) is 10.3 Å². The van der Waals surface area contributed by atoms with Crippen LogP contribution < -0.4 is 19.8 Å². The van der Waals surface area contributed by atoms with Crippen LogP contribution >= 0.6 is 0 Å². The van der Waals surface area contributed by atoms with Gasteiger partial charge in [-0.3, -0.25) is 9.69 Å². The predicted octanol–water partition coefficient (Wildman–Crippen LogP) is 4.57. The maximum atomic E-state index is 12.7. The van der Waals surface area contributed by atoms with Gasteiger partial charge in [-0.15, -0.1) is 0 Å². The Morgan fingerprint density at radius 2 is 1.53 bits per heavy atom. The third-order valence-electron chi connectivity index (χ3n) is 6.46. The molecular weight excluding hydrogens is 452 g/mol. The van der Waals surface area contributed by atoms with Crippen LogP contribution in [0.25, 0.3) is 0 Å². The summed E-state index contributed by atoms with van der Waals surface area (Å²) in [6.07, 6.45) is 0.659. The minimum Gasteiger partial charge on any atom is -0.493 e. The van der Waals surface area contributed by atoms with Crippen molar-refractivity contribution in [2.24, 2.45) is 5.10 Å². The number of nitrogens with zero attached hydrogens (tertiary/aromatic N) is 3. The zero-order valence-electron chi connectivity index (χ0n) is 21.2. The number of ether oxygens (including phenoxy) is 2. The van der Waals surface area contributed by atoms with Crippen LogP contribution in [0, 0.1) is 0 Å². The van der Waals surface area contributed by atoms with Gasteiger partial charge >= 0.3 is 0 Å². The molecule has 188 valence electrons. The Bertz CT molecular complexity index is 1170. The van der Waals surface area contributed by atoms with E-state index in [4.69, 9.17) is 9.47 Å². The number of hydrazone groups is 1. The molecule has 1 heterocycles. The molecule has 0 aromatic heterocycles. The van der Waals surface area contributed by atoms with Gasteiger partial charge in [-0.25, -0.2) is 5.43 Å². The van der Waals surface area contributed by atoms with Gasteiger partial charge in [-0.1, -0.05) is 37.3 Å². The normalized spacial score (nSPS) is 14.4. The zero-order chi connectivity index (χ0) is 25.3. The Morgan fingerprint density at radius 1 is 0.861 bits per heavy atom. The van der Waals surface area contributed by atoms with Crippen molar-refractivity contribution in [2.45, 2.75) is 19.9 Å². The van der Waals surface area contributed by atoms with Gasteiger partial charge in [0.05, 0.1) is 19.9 Å². The van der Waals surface area contributed by atoms with Crippen LogP contribution in [-0.2, 0) is 6.54 Å². The van der Waals surface area contributed by atoms with E-state index in [1.165, 1.54) is 11.3 Å². The first-order valence-electron chi connectivity index (χ1n) is 12.3. The number of carbonyl (C=O) groups excluding carboxylic acids is 1. The van der Waals surface area contributed by atoms with Crippen molar-refractivity contribution in [3.05, 3.63) is 89.5 Å². The predicted molar refractivity (Wildman–Crippen MR) is 144 cm³/mol. The Kier molecular flexibility index (Phi) is 8.57. The van der Waals surface area contributed by atoms with E-state index in [0.717, 1.165) is 44.0 Å². The number of anilines is 1. The number of piperazine rings is 1. The van der Waals surface area contributed by atoms with Crippen molar-refractivity contribution >= 4 is 17.3 Å². The molecule has 1 aliphatic heterocycles. The number of methoxy groups -OCH3 is 2. The van der Waals surface area contributed by atoms with Gasteiger partial charge in [0, 0.05) is 49.5 Å². The summed E-state index contributed by atoms with van der Waals surface area (Å²) in [6, 6.07) is 23.9. The molecule has 0 saturated carbocycles. The smallest absolute Gasteiger partial charge is 0.271 e. The minimum absolute atomic E-state index is 0.232. The van der Waals surface area contributed by atoms with Crippen LogP contribution in [0.4, 0.5) is 5.69 Å². The van der Waals surface area contributed by atoms with E-state index in [1.807, 2.05) is 49.4 Å². The van der Waals surface area contributed by atoms with Gasteiger partial charge in [-0.2, -0.15) is 5.10 Å². The number of nitrogens with one attached hydrogen (secondary N) is 1. The molecular formula is C29H34N4O3. The molecule has 4 rings (SSSR count). The van der Waals surface area contributed by atoms with Crippen LogP contribution in [0.3, 0.4) is 0 Å². The standard InChI is InChI=1S/C29H34N4O3/c1-4-26(24-14-15-27(35-2)28(20-24)36-3)30-31-29(34)23-12-10-22(11-13-23)21-32-16-18-33(19-17-32)25-8-6-5-7-9-25/h5-15,20H,4,16-19,21H2,1-3H3,(H,31,34)/b30-26-. The highest BCUT2D eigenvalue weighted by Crippen LogP contribution is 2.28. The molecule has 3 aromatic carbocycles. The van der Waals surface area contributed by atoms with Gasteiger partial charge in [0.1, 0.15) is 0 Å². The molecule has 1 fully saturated rings. The second-order valence-electron chi connectivity index (χ2n) is 8.72. The zero-order valence-corrected chi connectivity index (χ0v) is 21.2. The summed E-state index contributed by atoms with van der Waals surface area (Å²) in [5.41, 5.74) is 7.39. The van der Waals surface area contributed by atoms with E-state index >= 15 is 0 Å². The van der Waals surface area contributed by atoms with Crippen molar-refractivity contribution in [3.63, 3.8) is 0 Å². The van der Waals surface area contributed by atoms with Crippen molar-refractivity contribution < 1.29 is 14.3 Å². The van der Waals surface area contributed by atoms with Crippen molar-refractivity contribution in [2.75, 3.05) is 45.3 Å². The molecule has 36 heavy (non-hydrogen) atoms. The number of benzene rings is 3. The van der Waals surface area contributed by atoms with Gasteiger partial charge in [0.15, 0.2) is 11.5 Å². The fourth-order valence-corrected chi connectivity index (χ4v) is 4.37. The van der Waals surface area contributed by atoms with Gasteiger partial charge in [0.2, 0.25) is 0 Å². The van der Waals surface area contributed by atoms with E-state index in [9.17, 15) is 4.79 Å². The maximum Gasteiger partial charge on any atom is 0.271 e. The fourth-order valence-electron chi connectivity index (χ4n) is 4.37. The summed E-state index contributed by atoms with van der Waals surface area (Å²) in [7, 11) is 3.20. The summed E-state index contributed by atoms with van der Waals surface area (Å²) >= 11 is 0. The molecule has 3 aromatic rings. The first kappa shape index (κ1) is 25.3. The topological polar surface area (TPSA) is 66.4 Å². The number of hydrogen-bond donors (Lipinski definition) is 1. The Hall–Kier alpha value is -3.84. The highest BCUT2D eigenvalue weighted by atomic mass is 16.5. The third-order valence-corrected chi connectivity index (χ3v) is 6.46. The van der Waals surface area contributed by atoms with Crippen LogP contribution in [0.15, 0.2) is 77.9 Å². The first-order valence-corrected chi connectivity index (χ1v) is 12.3. The minimum atomic E-state index is -0.232. The number of hydrogen-bond acceptors (Lipinski definition) is 6. The van der Waals surface area contributed by atoms with Crippen molar-refractivity contribution in [3.8, 4) is 11.5 Å². The number of para-hydroxylation sites is 1. The second-order valence-corrected chi connectivity index (χ2v) is 8.72. The number of amides is 1. The van der Waals surface area contributed by atoms with Gasteiger partial charge < -0.3 is 14.4 Å². The summed E-state index contributed by atoms with van der Waals surface area (Å²) in [4.78, 5) is 17.6. The highest BCUT2D eigenvalue weighted by molar-refractivity contribution is 6.02. The Balaban J connectivity index is 1.32. The largest absolute Gasteiger partial charge is 0.493 e. The molecule has 0 atom stereocenters. The van der Waals surface area contributed by atoms with Gasteiger partial charge in [0.25, 0.3) is 5.91 Å². The summed E-state index contributed by atoms with van der Waals surface area (Å²) < 4.78 is 10.7. The molecule has 0 unspecified atom stereocenters. The third kappa shape index (κ3) is 6.23. The van der Waals surface area contributed by atoms with E-state index in [1.54, 1.807) is 14.2 Å². The Labute approximate surface area is 213 Å². The lowest BCUT2D eigenvalue weighted by Crippen LogP contribution is -2.45. The molecule has 0 aliphatic carbocycles. The lowest BCUT2D eigenvalue weighted by Gasteiger charge is -2.36. The first-order chi connectivity index (χ1) is 17.6. The van der Waals surface area contributed by atoms with E-state index in [2.05, 4.69) is 50.7 Å². The summed E-state index contributed by atoms with van der Waals surface area (Å²) in [6.45, 7) is 6.94. The van der Waals surface area contributed by atoms with Crippen LogP contribution in [0.1, 0.15) is 34.8 Å². The van der Waals surface area contributed by atoms with Gasteiger partial charge in [-0.05, 0) is 54.4 Å². The molecule has 7 heteroatoms. The average Bonchev–Trinajstić information content (AvgIpc) is 2.94. The molecule has 7 nitrogen and oxygen atoms in total.